The minimum Gasteiger partial charge on any atom is -2.00 e. The smallest absolute Gasteiger partial charge is 2.00 e. The van der Waals surface area contributed by atoms with Gasteiger partial charge in [0.2, 0.25) is 0 Å². The Bertz CT molecular complexity index is 8.75. The molecular formula is FO3Y2. The Kier molecular flexibility index (Phi) is 1010. The molecule has 0 amide bonds. The van der Waals surface area contributed by atoms with E-state index in [9.17, 15) is 0 Å². The number of hydrogen-bond donors (Lipinski definition) is 0. The van der Waals surface area contributed by atoms with E-state index in [2.05, 4.69) is 0 Å². The van der Waals surface area contributed by atoms with Gasteiger partial charge in [0.1, 0.15) is 0 Å². The van der Waals surface area contributed by atoms with Crippen LogP contribution in [0.25, 0.3) is 0 Å². The largest absolute Gasteiger partial charge is 3.00 e. The van der Waals surface area contributed by atoms with Crippen LogP contribution < -0.4 is 0 Å². The molecule has 0 heterocycles. The fraction of sp³-hybridized carbons (Fsp3) is 0. The van der Waals surface area contributed by atoms with E-state index in [1.807, 2.05) is 0 Å². The average molecular weight is 245 g/mol. The monoisotopic (exact) mass is 245 g/mol. The molecular weight excluding hydrogens is 245 g/mol. The second-order valence-electron chi connectivity index (χ2n) is 0. The zero-order valence-corrected chi connectivity index (χ0v) is 8.43. The summed E-state index contributed by atoms with van der Waals surface area (Å²) < 4.78 is 0. The van der Waals surface area contributed by atoms with Gasteiger partial charge in [-0.15, -0.1) is 0 Å². The zero-order valence-electron chi connectivity index (χ0n) is 2.76. The summed E-state index contributed by atoms with van der Waals surface area (Å²) in [5.41, 5.74) is 0. The van der Waals surface area contributed by atoms with Crippen molar-refractivity contribution in [2.45, 2.75) is 0 Å². The molecule has 0 fully saturated rings. The second kappa shape index (κ2) is 62.4. The third-order valence-electron chi connectivity index (χ3n) is 0. The molecule has 0 aromatic rings. The van der Waals surface area contributed by atoms with Crippen LogP contribution in [0, 0.1) is 0 Å². The standard InChI is InChI=1S/F.3O.2Y/q;3*-2;2*+3. The van der Waals surface area contributed by atoms with Gasteiger partial charge in [-0.1, -0.05) is 0 Å². The first-order chi connectivity index (χ1) is 0. The molecule has 0 unspecified atom stereocenters. The quantitative estimate of drug-likeness (QED) is 0.577. The molecule has 6 heavy (non-hydrogen) atoms. The zero-order chi connectivity index (χ0) is 0. The molecule has 0 aliphatic carbocycles. The van der Waals surface area contributed by atoms with Crippen LogP contribution in [0.3, 0.4) is 0 Å². The number of hydrogen-bond acceptors (Lipinski definition) is 0. The van der Waals surface area contributed by atoms with Crippen molar-refractivity contribution in [3.8, 4) is 0 Å². The fourth-order valence-corrected chi connectivity index (χ4v) is 0. The van der Waals surface area contributed by atoms with Crippen molar-refractivity contribution in [2.75, 3.05) is 0 Å². The van der Waals surface area contributed by atoms with Crippen molar-refractivity contribution in [3.05, 3.63) is 0 Å². The first-order valence-electron chi connectivity index (χ1n) is 0. The molecule has 0 aromatic carbocycles. The van der Waals surface area contributed by atoms with E-state index in [-0.39, 0.29) is 86.6 Å². The molecule has 0 atom stereocenters. The molecule has 0 N–H and O–H groups in total. The van der Waals surface area contributed by atoms with Gasteiger partial charge in [-0.2, -0.15) is 0 Å². The van der Waals surface area contributed by atoms with Crippen LogP contribution in [0.4, 0.5) is 4.70 Å². The molecule has 0 rings (SSSR count). The van der Waals surface area contributed by atoms with Crippen LogP contribution in [0.15, 0.2) is 0 Å². The van der Waals surface area contributed by atoms with Gasteiger partial charge in [0.25, 0.3) is 0 Å². The van der Waals surface area contributed by atoms with E-state index in [1.54, 1.807) is 0 Å². The van der Waals surface area contributed by atoms with Crippen LogP contribution >= 0.6 is 0 Å². The van der Waals surface area contributed by atoms with E-state index in [0.29, 0.717) is 0 Å². The van der Waals surface area contributed by atoms with E-state index in [1.165, 1.54) is 0 Å². The SMILES string of the molecule is [F].[O-2].[O-2].[O-2].[Y+3].[Y+3]. The summed E-state index contributed by atoms with van der Waals surface area (Å²) in [7, 11) is 0. The molecule has 0 aliphatic heterocycles. The summed E-state index contributed by atoms with van der Waals surface area (Å²) in [5.74, 6) is 0. The maximum Gasteiger partial charge on any atom is 3.00 e. The van der Waals surface area contributed by atoms with E-state index >= 15 is 0 Å². The third kappa shape index (κ3) is 37.2. The van der Waals surface area contributed by atoms with Gasteiger partial charge in [0, 0.05) is 4.70 Å². The molecule has 0 aromatic heterocycles. The first-order valence-corrected chi connectivity index (χ1v) is 0. The van der Waals surface area contributed by atoms with Crippen molar-refractivity contribution in [3.63, 3.8) is 0 Å². The molecule has 6 heteroatoms. The van der Waals surface area contributed by atoms with Crippen molar-refractivity contribution < 1.29 is 86.6 Å². The van der Waals surface area contributed by atoms with Gasteiger partial charge in [0.15, 0.2) is 0 Å². The molecule has 1 radical (unpaired) electrons. The molecule has 0 saturated heterocycles. The fourth-order valence-electron chi connectivity index (χ4n) is 0. The molecule has 0 bridgehead atoms. The van der Waals surface area contributed by atoms with E-state index in [0.717, 1.165) is 0 Å². The summed E-state index contributed by atoms with van der Waals surface area (Å²) in [6.07, 6.45) is 0. The third-order valence-corrected chi connectivity index (χ3v) is 0. The van der Waals surface area contributed by atoms with Gasteiger partial charge in [0.05, 0.1) is 0 Å². The van der Waals surface area contributed by atoms with Crippen molar-refractivity contribution in [1.82, 2.24) is 0 Å². The summed E-state index contributed by atoms with van der Waals surface area (Å²) in [6.45, 7) is 0. The summed E-state index contributed by atoms with van der Waals surface area (Å²) in [5, 5.41) is 0. The predicted molar refractivity (Wildman–Crippen MR) is 3.17 cm³/mol. The Morgan fingerprint density at radius 1 is 0.500 bits per heavy atom. The average Bonchev–Trinajstić information content (AvgIpc) is 0. The minimum absolute atomic E-state index is 0. The Hall–Kier alpha value is 2.02. The summed E-state index contributed by atoms with van der Waals surface area (Å²) in [6, 6.07) is 0. The van der Waals surface area contributed by atoms with Crippen molar-refractivity contribution in [1.29, 1.82) is 0 Å². The normalized spacial score (nSPS) is 0. The maximum absolute atomic E-state index is 0. The number of rotatable bonds is 0. The maximum atomic E-state index is 0. The second-order valence-corrected chi connectivity index (χ2v) is 0. The van der Waals surface area contributed by atoms with Crippen LogP contribution in [0.1, 0.15) is 0 Å². The molecule has 3 nitrogen and oxygen atoms in total. The van der Waals surface area contributed by atoms with Gasteiger partial charge < -0.3 is 16.4 Å². The van der Waals surface area contributed by atoms with Gasteiger partial charge in [-0.25, -0.2) is 0 Å². The Labute approximate surface area is 85.3 Å². The first kappa shape index (κ1) is 97.0. The molecule has 0 spiro atoms. The molecule has 31 valence electrons. The van der Waals surface area contributed by atoms with Crippen molar-refractivity contribution in [2.24, 2.45) is 0 Å². The molecule has 0 saturated carbocycles. The van der Waals surface area contributed by atoms with Gasteiger partial charge in [-0.3, -0.25) is 0 Å². The van der Waals surface area contributed by atoms with Crippen LogP contribution in [-0.4, -0.2) is 0 Å². The van der Waals surface area contributed by atoms with E-state index in [4.69, 9.17) is 0 Å². The summed E-state index contributed by atoms with van der Waals surface area (Å²) in [4.78, 5) is 0. The van der Waals surface area contributed by atoms with Crippen molar-refractivity contribution >= 4 is 0 Å². The van der Waals surface area contributed by atoms with Crippen LogP contribution in [-0.2, 0) is 81.8 Å². The summed E-state index contributed by atoms with van der Waals surface area (Å²) >= 11 is 0. The predicted octanol–water partition coefficient (Wildman–Crippen LogP) is 0.0588. The minimum atomic E-state index is 0. The van der Waals surface area contributed by atoms with Gasteiger partial charge in [-0.05, 0) is 0 Å². The molecule has 0 aliphatic rings. The topological polar surface area (TPSA) is 85.5 Å². The van der Waals surface area contributed by atoms with Gasteiger partial charge >= 0.3 is 65.4 Å². The van der Waals surface area contributed by atoms with E-state index < -0.39 is 0 Å². The Morgan fingerprint density at radius 3 is 0.500 bits per heavy atom. The number of halogens is 1. The Morgan fingerprint density at radius 2 is 0.500 bits per heavy atom. The Balaban J connectivity index is 0. The van der Waals surface area contributed by atoms with Crippen LogP contribution in [0.5, 0.6) is 0 Å². The van der Waals surface area contributed by atoms with Crippen LogP contribution in [0.2, 0.25) is 0 Å².